The summed E-state index contributed by atoms with van der Waals surface area (Å²) < 4.78 is 0. The molecule has 0 radical (unpaired) electrons. The highest BCUT2D eigenvalue weighted by atomic mass is 35.5. The second kappa shape index (κ2) is 8.91. The molecule has 0 heterocycles. The second-order valence-corrected chi connectivity index (χ2v) is 0.605. The van der Waals surface area contributed by atoms with Crippen LogP contribution >= 0.6 is 24.0 Å². The Hall–Kier alpha value is 0.140. The van der Waals surface area contributed by atoms with Crippen molar-refractivity contribution in [2.45, 2.75) is 0 Å². The molecule has 0 fully saturated rings. The maximum atomic E-state index is 4.95. The van der Waals surface area contributed by atoms with Crippen LogP contribution in [0.3, 0.4) is 0 Å². The van der Waals surface area contributed by atoms with Gasteiger partial charge < -0.3 is 0 Å². The summed E-state index contributed by atoms with van der Waals surface area (Å²) in [5, 5.41) is 0. The first-order valence-electron chi connectivity index (χ1n) is 0.909. The van der Waals surface area contributed by atoms with Gasteiger partial charge in [-0.2, -0.15) is 0 Å². The van der Waals surface area contributed by atoms with Gasteiger partial charge in [0.15, 0.2) is 0 Å². The van der Waals surface area contributed by atoms with Crippen molar-refractivity contribution in [2.24, 2.45) is 0 Å². The van der Waals surface area contributed by atoms with Crippen LogP contribution in [0.1, 0.15) is 0 Å². The van der Waals surface area contributed by atoms with E-state index in [1.54, 1.807) is 0 Å². The van der Waals surface area contributed by atoms with Crippen LogP contribution in [-0.2, 0) is 0 Å². The molecule has 0 amide bonds. The highest BCUT2D eigenvalue weighted by Gasteiger charge is 1.46. The summed E-state index contributed by atoms with van der Waals surface area (Å²) in [6.45, 7) is 0. The van der Waals surface area contributed by atoms with Crippen molar-refractivity contribution in [2.75, 3.05) is 5.88 Å². The van der Waals surface area contributed by atoms with Gasteiger partial charge in [-0.25, -0.2) is 0 Å². The van der Waals surface area contributed by atoms with Crippen LogP contribution in [0.4, 0.5) is 0 Å². The van der Waals surface area contributed by atoms with E-state index in [0.29, 0.717) is 5.88 Å². The van der Waals surface area contributed by atoms with Gasteiger partial charge in [0, 0.05) is 0 Å². The van der Waals surface area contributed by atoms with Crippen LogP contribution in [0.2, 0.25) is 0 Å². The minimum Gasteiger partial charge on any atom is -0.147 e. The molecule has 0 aliphatic heterocycles. The number of halogens is 2. The standard InChI is InChI=1S/C3H3Cl.ClH/c1-2-3-4;/h1H,3H2;1H. The van der Waals surface area contributed by atoms with Gasteiger partial charge in [0.1, 0.15) is 0 Å². The molecule has 2 heteroatoms. The monoisotopic (exact) mass is 110 g/mol. The highest BCUT2D eigenvalue weighted by molar-refractivity contribution is 6.19. The number of alkyl halides is 1. The number of hydrogen-bond acceptors (Lipinski definition) is 0. The third kappa shape index (κ3) is 14.6. The Kier molecular flexibility index (Phi) is 15.9. The summed E-state index contributed by atoms with van der Waals surface area (Å²) in [5.41, 5.74) is 0. The third-order valence-corrected chi connectivity index (χ3v) is 0.231. The van der Waals surface area contributed by atoms with Crippen LogP contribution in [0, 0.1) is 12.3 Å². The molecule has 0 rings (SSSR count). The quantitative estimate of drug-likeness (QED) is 0.326. The molecule has 0 aromatic heterocycles. The van der Waals surface area contributed by atoms with Gasteiger partial charge in [0.2, 0.25) is 0 Å². The lowest BCUT2D eigenvalue weighted by atomic mass is 10.8. The molecule has 5 heavy (non-hydrogen) atoms. The van der Waals surface area contributed by atoms with Gasteiger partial charge in [-0.3, -0.25) is 0 Å². The molecule has 0 spiro atoms. The Labute approximate surface area is 42.9 Å². The van der Waals surface area contributed by atoms with Gasteiger partial charge in [-0.1, -0.05) is 5.92 Å². The SMILES string of the molecule is C#CCCl.Cl. The molecule has 0 aromatic carbocycles. The lowest BCUT2D eigenvalue weighted by molar-refractivity contribution is 1.94. The molecule has 0 N–H and O–H groups in total. The fourth-order valence-electron chi connectivity index (χ4n) is 0. The fourth-order valence-corrected chi connectivity index (χ4v) is 0. The summed E-state index contributed by atoms with van der Waals surface area (Å²) in [6, 6.07) is 0. The van der Waals surface area contributed by atoms with Crippen molar-refractivity contribution in [3.8, 4) is 12.3 Å². The second-order valence-electron chi connectivity index (χ2n) is 0.338. The molecule has 0 atom stereocenters. The van der Waals surface area contributed by atoms with Crippen molar-refractivity contribution in [1.82, 2.24) is 0 Å². The maximum Gasteiger partial charge on any atom is 0.0832 e. The zero-order chi connectivity index (χ0) is 3.41. The Morgan fingerprint density at radius 3 is 2.00 bits per heavy atom. The fraction of sp³-hybridized carbons (Fsp3) is 0.333. The molecule has 0 aromatic rings. The van der Waals surface area contributed by atoms with E-state index >= 15 is 0 Å². The Morgan fingerprint density at radius 2 is 2.00 bits per heavy atom. The van der Waals surface area contributed by atoms with E-state index in [4.69, 9.17) is 11.6 Å². The van der Waals surface area contributed by atoms with E-state index in [2.05, 4.69) is 12.3 Å². The number of rotatable bonds is 0. The molecule has 0 saturated heterocycles. The summed E-state index contributed by atoms with van der Waals surface area (Å²) in [6.07, 6.45) is 4.65. The van der Waals surface area contributed by atoms with E-state index in [0.717, 1.165) is 0 Å². The van der Waals surface area contributed by atoms with Crippen molar-refractivity contribution in [1.29, 1.82) is 0 Å². The van der Waals surface area contributed by atoms with Crippen LogP contribution in [0.25, 0.3) is 0 Å². The van der Waals surface area contributed by atoms with Crippen LogP contribution in [-0.4, -0.2) is 5.88 Å². The average molecular weight is 111 g/mol. The topological polar surface area (TPSA) is 0 Å². The third-order valence-electron chi connectivity index (χ3n) is 0.0772. The molecule has 30 valence electrons. The summed E-state index contributed by atoms with van der Waals surface area (Å²) >= 11 is 4.95. The molecule has 0 unspecified atom stereocenters. The Morgan fingerprint density at radius 1 is 1.80 bits per heavy atom. The molecule has 0 saturated carbocycles. The van der Waals surface area contributed by atoms with Crippen LogP contribution in [0.5, 0.6) is 0 Å². The lowest BCUT2D eigenvalue weighted by Gasteiger charge is -1.50. The molecule has 0 bridgehead atoms. The molecule has 0 nitrogen and oxygen atoms in total. The first-order valence-corrected chi connectivity index (χ1v) is 1.44. The number of hydrogen-bond donors (Lipinski definition) is 0. The van der Waals surface area contributed by atoms with Gasteiger partial charge >= 0.3 is 0 Å². The zero-order valence-corrected chi connectivity index (χ0v) is 4.14. The predicted octanol–water partition coefficient (Wildman–Crippen LogP) is 1.28. The highest BCUT2D eigenvalue weighted by Crippen LogP contribution is 1.61. The molecule has 0 aliphatic carbocycles. The first-order chi connectivity index (χ1) is 1.91. The van der Waals surface area contributed by atoms with Gasteiger partial charge in [-0.15, -0.1) is 30.4 Å². The summed E-state index contributed by atoms with van der Waals surface area (Å²) in [5.74, 6) is 2.52. The predicted molar refractivity (Wildman–Crippen MR) is 26.8 cm³/mol. The lowest BCUT2D eigenvalue weighted by Crippen LogP contribution is -1.47. The average Bonchev–Trinajstić information content (AvgIpc) is 1.37. The van der Waals surface area contributed by atoms with Crippen molar-refractivity contribution < 1.29 is 0 Å². The van der Waals surface area contributed by atoms with Gasteiger partial charge in [0.05, 0.1) is 5.88 Å². The maximum absolute atomic E-state index is 4.95. The van der Waals surface area contributed by atoms with Crippen molar-refractivity contribution in [3.63, 3.8) is 0 Å². The first kappa shape index (κ1) is 8.94. The smallest absolute Gasteiger partial charge is 0.0832 e. The van der Waals surface area contributed by atoms with Gasteiger partial charge in [0.25, 0.3) is 0 Å². The van der Waals surface area contributed by atoms with Crippen molar-refractivity contribution >= 4 is 24.0 Å². The number of terminal acetylenes is 1. The van der Waals surface area contributed by atoms with E-state index in [1.807, 2.05) is 0 Å². The molecular formula is C3H4Cl2. The summed E-state index contributed by atoms with van der Waals surface area (Å²) in [4.78, 5) is 0. The minimum atomic E-state index is 0. The molecule has 0 aliphatic rings. The zero-order valence-electron chi connectivity index (χ0n) is 2.57. The van der Waals surface area contributed by atoms with E-state index in [1.165, 1.54) is 0 Å². The minimum absolute atomic E-state index is 0. The van der Waals surface area contributed by atoms with Crippen LogP contribution in [0.15, 0.2) is 0 Å². The van der Waals surface area contributed by atoms with Crippen LogP contribution < -0.4 is 0 Å². The van der Waals surface area contributed by atoms with Gasteiger partial charge in [-0.05, 0) is 0 Å². The van der Waals surface area contributed by atoms with Crippen molar-refractivity contribution in [3.05, 3.63) is 0 Å². The Bertz CT molecular complexity index is 34.6. The van der Waals surface area contributed by atoms with E-state index in [-0.39, 0.29) is 12.4 Å². The normalized spacial score (nSPS) is 4.00. The molecular weight excluding hydrogens is 107 g/mol. The van der Waals surface area contributed by atoms with E-state index < -0.39 is 0 Å². The van der Waals surface area contributed by atoms with E-state index in [9.17, 15) is 0 Å². The Balaban J connectivity index is 0. The largest absolute Gasteiger partial charge is 0.147 e. The summed E-state index contributed by atoms with van der Waals surface area (Å²) in [7, 11) is 0.